The summed E-state index contributed by atoms with van der Waals surface area (Å²) in [7, 11) is 1.78. The Morgan fingerprint density at radius 2 is 1.81 bits per heavy atom. The molecule has 3 rings (SSSR count). The first-order valence-electron chi connectivity index (χ1n) is 8.90. The van der Waals surface area contributed by atoms with Gasteiger partial charge in [0.15, 0.2) is 5.13 Å². The second-order valence-corrected chi connectivity index (χ2v) is 7.43. The molecule has 1 N–H and O–H groups in total. The van der Waals surface area contributed by atoms with Gasteiger partial charge in [0, 0.05) is 39.8 Å². The molecule has 2 heterocycles. The van der Waals surface area contributed by atoms with Gasteiger partial charge in [-0.2, -0.15) is 0 Å². The summed E-state index contributed by atoms with van der Waals surface area (Å²) >= 11 is 1.53. The van der Waals surface area contributed by atoms with Crippen LogP contribution < -0.4 is 10.2 Å². The number of nitrogens with zero attached hydrogens (tertiary/aromatic N) is 4. The van der Waals surface area contributed by atoms with E-state index in [0.717, 1.165) is 41.5 Å². The number of carbonyl (C=O) groups is 2. The number of hydrogen-bond donors (Lipinski definition) is 1. The summed E-state index contributed by atoms with van der Waals surface area (Å²) in [4.78, 5) is 34.7. The molecular weight excluding hydrogens is 350 g/mol. The molecule has 1 fully saturated rings. The zero-order valence-corrected chi connectivity index (χ0v) is 16.1. The van der Waals surface area contributed by atoms with E-state index in [2.05, 4.69) is 20.1 Å². The normalized spacial score (nSPS) is 15.9. The lowest BCUT2D eigenvalue weighted by Crippen LogP contribution is -2.51. The van der Waals surface area contributed by atoms with Crippen LogP contribution in [0.15, 0.2) is 24.3 Å². The smallest absolute Gasteiger partial charge is 0.242 e. The minimum atomic E-state index is 0.0428. The Bertz CT molecular complexity index is 737. The van der Waals surface area contributed by atoms with Crippen LogP contribution in [0.25, 0.3) is 10.2 Å². The van der Waals surface area contributed by atoms with Crippen molar-refractivity contribution < 1.29 is 9.59 Å². The van der Waals surface area contributed by atoms with Crippen LogP contribution in [-0.2, 0) is 9.59 Å². The average Bonchev–Trinajstić information content (AvgIpc) is 3.07. The van der Waals surface area contributed by atoms with Gasteiger partial charge in [-0.15, -0.1) is 0 Å². The average molecular weight is 375 g/mol. The fourth-order valence-corrected chi connectivity index (χ4v) is 3.91. The SMILES string of the molecule is CCNC(=O)CN1CCN(CC(=O)N(C)c2nc3ccccc3s2)CC1. The van der Waals surface area contributed by atoms with Crippen LogP contribution in [0, 0.1) is 0 Å². The molecule has 26 heavy (non-hydrogen) atoms. The quantitative estimate of drug-likeness (QED) is 0.816. The number of fused-ring (bicyclic) bond motifs is 1. The number of benzene rings is 1. The van der Waals surface area contributed by atoms with E-state index in [-0.39, 0.29) is 11.8 Å². The molecule has 0 bridgehead atoms. The lowest BCUT2D eigenvalue weighted by Gasteiger charge is -2.34. The van der Waals surface area contributed by atoms with E-state index in [9.17, 15) is 9.59 Å². The van der Waals surface area contributed by atoms with E-state index in [1.165, 1.54) is 11.3 Å². The second kappa shape index (κ2) is 8.57. The fraction of sp³-hybridized carbons (Fsp3) is 0.500. The minimum absolute atomic E-state index is 0.0428. The first kappa shape index (κ1) is 18.8. The van der Waals surface area contributed by atoms with Crippen molar-refractivity contribution in [2.45, 2.75) is 6.92 Å². The highest BCUT2D eigenvalue weighted by molar-refractivity contribution is 7.22. The third-order valence-electron chi connectivity index (χ3n) is 4.51. The number of thiazole rings is 1. The molecule has 1 aliphatic rings. The zero-order valence-electron chi connectivity index (χ0n) is 15.3. The Kier molecular flexibility index (Phi) is 6.18. The molecule has 1 aromatic carbocycles. The molecule has 140 valence electrons. The summed E-state index contributed by atoms with van der Waals surface area (Å²) in [6, 6.07) is 7.91. The number of amides is 2. The zero-order chi connectivity index (χ0) is 18.5. The monoisotopic (exact) mass is 375 g/mol. The van der Waals surface area contributed by atoms with Crippen molar-refractivity contribution >= 4 is 38.5 Å². The van der Waals surface area contributed by atoms with Crippen molar-refractivity contribution in [3.63, 3.8) is 0 Å². The van der Waals surface area contributed by atoms with E-state index in [1.807, 2.05) is 31.2 Å². The molecule has 0 aliphatic carbocycles. The molecular formula is C18H25N5O2S. The summed E-state index contributed by atoms with van der Waals surface area (Å²) in [5.41, 5.74) is 0.922. The number of likely N-dealkylation sites (N-methyl/N-ethyl adjacent to an activating group) is 2. The van der Waals surface area contributed by atoms with Gasteiger partial charge in [0.25, 0.3) is 0 Å². The van der Waals surface area contributed by atoms with Crippen LogP contribution >= 0.6 is 11.3 Å². The predicted octanol–water partition coefficient (Wildman–Crippen LogP) is 1.01. The summed E-state index contributed by atoms with van der Waals surface area (Å²) in [6.45, 7) is 6.57. The summed E-state index contributed by atoms with van der Waals surface area (Å²) < 4.78 is 1.08. The number of piperazine rings is 1. The van der Waals surface area contributed by atoms with Crippen LogP contribution in [0.1, 0.15) is 6.92 Å². The molecule has 2 aromatic rings. The van der Waals surface area contributed by atoms with Gasteiger partial charge in [0.1, 0.15) is 0 Å². The van der Waals surface area contributed by atoms with Crippen molar-refractivity contribution in [3.8, 4) is 0 Å². The molecule has 7 nitrogen and oxygen atoms in total. The largest absolute Gasteiger partial charge is 0.355 e. The minimum Gasteiger partial charge on any atom is -0.355 e. The Morgan fingerprint density at radius 3 is 2.46 bits per heavy atom. The number of aromatic nitrogens is 1. The van der Waals surface area contributed by atoms with Crippen molar-refractivity contribution in [1.29, 1.82) is 0 Å². The lowest BCUT2D eigenvalue weighted by molar-refractivity contribution is -0.123. The molecule has 0 radical (unpaired) electrons. The van der Waals surface area contributed by atoms with Gasteiger partial charge in [-0.3, -0.25) is 24.3 Å². The Hall–Kier alpha value is -2.03. The maximum absolute atomic E-state index is 12.6. The Balaban J connectivity index is 1.50. The molecule has 0 spiro atoms. The van der Waals surface area contributed by atoms with Crippen LogP contribution in [0.5, 0.6) is 0 Å². The third kappa shape index (κ3) is 4.57. The topological polar surface area (TPSA) is 68.8 Å². The highest BCUT2D eigenvalue weighted by Gasteiger charge is 2.23. The molecule has 0 atom stereocenters. The highest BCUT2D eigenvalue weighted by Crippen LogP contribution is 2.27. The number of carbonyl (C=O) groups excluding carboxylic acids is 2. The summed E-state index contributed by atoms with van der Waals surface area (Å²) in [5, 5.41) is 3.55. The molecule has 2 amide bonds. The van der Waals surface area contributed by atoms with Gasteiger partial charge in [-0.1, -0.05) is 23.5 Å². The molecule has 8 heteroatoms. The molecule has 1 saturated heterocycles. The van der Waals surface area contributed by atoms with Crippen molar-refractivity contribution in [2.24, 2.45) is 0 Å². The number of hydrogen-bond acceptors (Lipinski definition) is 6. The summed E-state index contributed by atoms with van der Waals surface area (Å²) in [5.74, 6) is 0.105. The first-order chi connectivity index (χ1) is 12.6. The van der Waals surface area contributed by atoms with E-state index in [1.54, 1.807) is 11.9 Å². The standard InChI is InChI=1S/C18H25N5O2S/c1-3-19-16(24)12-22-8-10-23(11-9-22)13-17(25)21(2)18-20-14-6-4-5-7-15(14)26-18/h4-7H,3,8-13H2,1-2H3,(H,19,24). The van der Waals surface area contributed by atoms with Gasteiger partial charge < -0.3 is 5.32 Å². The second-order valence-electron chi connectivity index (χ2n) is 6.42. The van der Waals surface area contributed by atoms with E-state index >= 15 is 0 Å². The molecule has 1 aliphatic heterocycles. The van der Waals surface area contributed by atoms with Gasteiger partial charge in [-0.05, 0) is 19.1 Å². The van der Waals surface area contributed by atoms with Crippen molar-refractivity contribution in [2.75, 3.05) is 57.8 Å². The molecule has 0 saturated carbocycles. The maximum atomic E-state index is 12.6. The molecule has 0 unspecified atom stereocenters. The summed E-state index contributed by atoms with van der Waals surface area (Å²) in [6.07, 6.45) is 0. The Labute approximate surface area is 157 Å². The highest BCUT2D eigenvalue weighted by atomic mass is 32.1. The lowest BCUT2D eigenvalue weighted by atomic mass is 10.3. The van der Waals surface area contributed by atoms with Gasteiger partial charge >= 0.3 is 0 Å². The van der Waals surface area contributed by atoms with Crippen LogP contribution in [0.2, 0.25) is 0 Å². The van der Waals surface area contributed by atoms with Crippen LogP contribution in [0.3, 0.4) is 0 Å². The number of anilines is 1. The first-order valence-corrected chi connectivity index (χ1v) is 9.72. The number of nitrogens with one attached hydrogen (secondary N) is 1. The predicted molar refractivity (Wildman–Crippen MR) is 105 cm³/mol. The van der Waals surface area contributed by atoms with E-state index < -0.39 is 0 Å². The van der Waals surface area contributed by atoms with Gasteiger partial charge in [0.2, 0.25) is 11.8 Å². The maximum Gasteiger partial charge on any atom is 0.242 e. The van der Waals surface area contributed by atoms with E-state index in [0.29, 0.717) is 19.6 Å². The van der Waals surface area contributed by atoms with Crippen LogP contribution in [-0.4, -0.2) is 79.5 Å². The third-order valence-corrected chi connectivity index (χ3v) is 5.62. The van der Waals surface area contributed by atoms with E-state index in [4.69, 9.17) is 0 Å². The van der Waals surface area contributed by atoms with Gasteiger partial charge in [0.05, 0.1) is 23.3 Å². The van der Waals surface area contributed by atoms with Gasteiger partial charge in [-0.25, -0.2) is 4.98 Å². The van der Waals surface area contributed by atoms with Crippen LogP contribution in [0.4, 0.5) is 5.13 Å². The molecule has 1 aromatic heterocycles. The van der Waals surface area contributed by atoms with Crippen molar-refractivity contribution in [3.05, 3.63) is 24.3 Å². The van der Waals surface area contributed by atoms with Crippen molar-refractivity contribution in [1.82, 2.24) is 20.1 Å². The number of para-hydroxylation sites is 1. The Morgan fingerprint density at radius 1 is 1.15 bits per heavy atom. The number of rotatable bonds is 6. The fourth-order valence-electron chi connectivity index (χ4n) is 2.97.